The lowest BCUT2D eigenvalue weighted by molar-refractivity contribution is -0.122. The van der Waals surface area contributed by atoms with Crippen molar-refractivity contribution in [1.82, 2.24) is 0 Å². The highest BCUT2D eigenvalue weighted by Gasteiger charge is 2.61. The first-order valence-corrected chi connectivity index (χ1v) is 10.4. The molecule has 0 spiro atoms. The van der Waals surface area contributed by atoms with Crippen LogP contribution in [0.4, 0.5) is 5.69 Å². The molecule has 2 bridgehead atoms. The van der Waals surface area contributed by atoms with Crippen LogP contribution >= 0.6 is 11.6 Å². The smallest absolute Gasteiger partial charge is 0.337 e. The van der Waals surface area contributed by atoms with E-state index in [1.54, 1.807) is 0 Å². The lowest BCUT2D eigenvalue weighted by atomic mass is 9.55. The van der Waals surface area contributed by atoms with Crippen molar-refractivity contribution in [2.24, 2.45) is 11.8 Å². The van der Waals surface area contributed by atoms with E-state index in [1.165, 1.54) is 18.2 Å². The number of halogens is 1. The maximum atomic E-state index is 13.7. The lowest BCUT2D eigenvalue weighted by Gasteiger charge is -2.45. The molecular formula is C25H16ClNO4. The van der Waals surface area contributed by atoms with Crippen molar-refractivity contribution in [3.63, 3.8) is 0 Å². The third kappa shape index (κ3) is 2.29. The number of amides is 2. The molecule has 31 heavy (non-hydrogen) atoms. The predicted molar refractivity (Wildman–Crippen MR) is 114 cm³/mol. The Kier molecular flexibility index (Phi) is 3.72. The highest BCUT2D eigenvalue weighted by atomic mass is 35.5. The minimum Gasteiger partial charge on any atom is -0.478 e. The quantitative estimate of drug-likeness (QED) is 0.611. The molecule has 0 saturated carbocycles. The van der Waals surface area contributed by atoms with Gasteiger partial charge in [-0.1, -0.05) is 60.1 Å². The van der Waals surface area contributed by atoms with Crippen molar-refractivity contribution in [1.29, 1.82) is 0 Å². The van der Waals surface area contributed by atoms with Crippen molar-refractivity contribution in [2.75, 3.05) is 4.90 Å². The summed E-state index contributed by atoms with van der Waals surface area (Å²) in [6.45, 7) is 0. The van der Waals surface area contributed by atoms with E-state index in [4.69, 9.17) is 11.6 Å². The van der Waals surface area contributed by atoms with Gasteiger partial charge < -0.3 is 5.11 Å². The zero-order valence-corrected chi connectivity index (χ0v) is 16.9. The molecule has 2 atom stereocenters. The van der Waals surface area contributed by atoms with Crippen LogP contribution in [0.1, 0.15) is 44.4 Å². The van der Waals surface area contributed by atoms with E-state index in [1.807, 2.05) is 48.5 Å². The molecule has 2 amide bonds. The normalized spacial score (nSPS) is 25.3. The van der Waals surface area contributed by atoms with Gasteiger partial charge in [-0.15, -0.1) is 0 Å². The third-order valence-corrected chi connectivity index (χ3v) is 7.22. The van der Waals surface area contributed by atoms with Crippen LogP contribution in [0.15, 0.2) is 66.7 Å². The van der Waals surface area contributed by atoms with E-state index < -0.39 is 17.8 Å². The first-order chi connectivity index (χ1) is 15.0. The van der Waals surface area contributed by atoms with Gasteiger partial charge in [0.2, 0.25) is 11.8 Å². The SMILES string of the molecule is O=C(O)c1cc(N2C(=O)[C@H]3C4c5ccccc5C(c5ccccc54)[C@@H]3C2=O)ccc1Cl. The topological polar surface area (TPSA) is 74.7 Å². The number of rotatable bonds is 2. The van der Waals surface area contributed by atoms with Gasteiger partial charge in [0.25, 0.3) is 0 Å². The Bertz CT molecular complexity index is 1200. The van der Waals surface area contributed by atoms with Gasteiger partial charge in [0.15, 0.2) is 0 Å². The Hall–Kier alpha value is -3.44. The number of carboxylic acid groups (broad SMARTS) is 1. The fourth-order valence-electron chi connectivity index (χ4n) is 5.75. The summed E-state index contributed by atoms with van der Waals surface area (Å²) >= 11 is 6.00. The lowest BCUT2D eigenvalue weighted by Crippen LogP contribution is -2.41. The van der Waals surface area contributed by atoms with E-state index >= 15 is 0 Å². The zero-order valence-electron chi connectivity index (χ0n) is 16.2. The molecule has 0 unspecified atom stereocenters. The van der Waals surface area contributed by atoms with Crippen molar-refractivity contribution >= 4 is 35.1 Å². The molecule has 6 heteroatoms. The molecule has 3 aromatic carbocycles. The Morgan fingerprint density at radius 2 is 1.23 bits per heavy atom. The van der Waals surface area contributed by atoms with Crippen LogP contribution in [0.25, 0.3) is 0 Å². The average Bonchev–Trinajstić information content (AvgIpc) is 3.05. The van der Waals surface area contributed by atoms with Crippen LogP contribution in [0.2, 0.25) is 5.02 Å². The summed E-state index contributed by atoms with van der Waals surface area (Å²) in [7, 11) is 0. The maximum absolute atomic E-state index is 13.7. The molecule has 0 radical (unpaired) electrons. The molecule has 1 fully saturated rings. The molecule has 1 N–H and O–H groups in total. The van der Waals surface area contributed by atoms with Crippen LogP contribution in [0, 0.1) is 11.8 Å². The second-order valence-electron chi connectivity index (χ2n) is 8.25. The zero-order chi connectivity index (χ0) is 21.4. The molecule has 3 aromatic rings. The van der Waals surface area contributed by atoms with Gasteiger partial charge in [-0.05, 0) is 40.5 Å². The first-order valence-electron chi connectivity index (χ1n) is 10.1. The number of carboxylic acids is 1. The molecular weight excluding hydrogens is 414 g/mol. The number of hydrogen-bond donors (Lipinski definition) is 1. The first kappa shape index (κ1) is 18.3. The van der Waals surface area contributed by atoms with E-state index in [0.717, 1.165) is 27.2 Å². The standard InChI is InChI=1S/C25H16ClNO4/c26-18-10-9-12(11-17(18)25(30)31)27-23(28)21-19-13-5-1-2-6-14(13)20(22(21)24(27)29)16-8-4-3-7-15(16)19/h1-11,19-22H,(H,30,31)/t19?,20?,21-,22-/m0/s1. The summed E-state index contributed by atoms with van der Waals surface area (Å²) in [5.74, 6) is -3.19. The van der Waals surface area contributed by atoms with E-state index in [2.05, 4.69) is 0 Å². The Balaban J connectivity index is 1.54. The highest BCUT2D eigenvalue weighted by molar-refractivity contribution is 6.34. The van der Waals surface area contributed by atoms with Crippen molar-refractivity contribution in [3.05, 3.63) is 99.6 Å². The summed E-state index contributed by atoms with van der Waals surface area (Å²) in [6, 6.07) is 20.3. The monoisotopic (exact) mass is 429 g/mol. The molecule has 1 aliphatic heterocycles. The summed E-state index contributed by atoms with van der Waals surface area (Å²) < 4.78 is 0. The second kappa shape index (κ2) is 6.28. The van der Waals surface area contributed by atoms with Crippen LogP contribution < -0.4 is 4.90 Å². The number of nitrogens with zero attached hydrogens (tertiary/aromatic N) is 1. The van der Waals surface area contributed by atoms with Crippen molar-refractivity contribution in [2.45, 2.75) is 11.8 Å². The third-order valence-electron chi connectivity index (χ3n) is 6.89. The molecule has 152 valence electrons. The van der Waals surface area contributed by atoms with Crippen LogP contribution in [-0.2, 0) is 9.59 Å². The molecule has 3 aliphatic carbocycles. The number of aromatic carboxylic acids is 1. The molecule has 4 aliphatic rings. The fraction of sp³-hybridized carbons (Fsp3) is 0.160. The molecule has 7 rings (SSSR count). The van der Waals surface area contributed by atoms with Crippen LogP contribution in [-0.4, -0.2) is 22.9 Å². The summed E-state index contributed by atoms with van der Waals surface area (Å²) in [6.07, 6.45) is 0. The Morgan fingerprint density at radius 3 is 1.65 bits per heavy atom. The van der Waals surface area contributed by atoms with Crippen molar-refractivity contribution in [3.8, 4) is 0 Å². The van der Waals surface area contributed by atoms with Gasteiger partial charge in [-0.2, -0.15) is 0 Å². The van der Waals surface area contributed by atoms with Crippen LogP contribution in [0.3, 0.4) is 0 Å². The minimum absolute atomic E-state index is 0.0626. The molecule has 1 heterocycles. The van der Waals surface area contributed by atoms with Crippen LogP contribution in [0.5, 0.6) is 0 Å². The maximum Gasteiger partial charge on any atom is 0.337 e. The van der Waals surface area contributed by atoms with Gasteiger partial charge in [-0.25, -0.2) is 9.69 Å². The molecule has 1 saturated heterocycles. The largest absolute Gasteiger partial charge is 0.478 e. The average molecular weight is 430 g/mol. The van der Waals surface area contributed by atoms with Crippen molar-refractivity contribution < 1.29 is 19.5 Å². The van der Waals surface area contributed by atoms with Gasteiger partial charge in [0.1, 0.15) is 0 Å². The number of benzene rings is 3. The summed E-state index contributed by atoms with van der Waals surface area (Å²) in [5, 5.41) is 9.49. The molecule has 0 aromatic heterocycles. The predicted octanol–water partition coefficient (Wildman–Crippen LogP) is 4.43. The highest BCUT2D eigenvalue weighted by Crippen LogP contribution is 2.61. The summed E-state index contributed by atoms with van der Waals surface area (Å²) in [4.78, 5) is 40.0. The summed E-state index contributed by atoms with van der Waals surface area (Å²) in [5.41, 5.74) is 4.49. The Morgan fingerprint density at radius 1 is 0.774 bits per heavy atom. The van der Waals surface area contributed by atoms with E-state index in [9.17, 15) is 19.5 Å². The number of imide groups is 1. The number of anilines is 1. The van der Waals surface area contributed by atoms with Gasteiger partial charge >= 0.3 is 5.97 Å². The Labute approximate surface area is 182 Å². The van der Waals surface area contributed by atoms with Gasteiger partial charge in [0, 0.05) is 11.8 Å². The van der Waals surface area contributed by atoms with E-state index in [0.29, 0.717) is 0 Å². The second-order valence-corrected chi connectivity index (χ2v) is 8.65. The van der Waals surface area contributed by atoms with Gasteiger partial charge in [0.05, 0.1) is 28.1 Å². The number of carbonyl (C=O) groups excluding carboxylic acids is 2. The van der Waals surface area contributed by atoms with Gasteiger partial charge in [-0.3, -0.25) is 9.59 Å². The minimum atomic E-state index is -1.21. The number of carbonyl (C=O) groups is 3. The fourth-order valence-corrected chi connectivity index (χ4v) is 5.95. The number of hydrogen-bond acceptors (Lipinski definition) is 3. The molecule has 5 nitrogen and oxygen atoms in total. The van der Waals surface area contributed by atoms with E-state index in [-0.39, 0.29) is 39.9 Å².